The number of likely N-dealkylation sites (tertiary alicyclic amines) is 1. The lowest BCUT2D eigenvalue weighted by atomic mass is 10.0. The average Bonchev–Trinajstić information content (AvgIpc) is 3.05. The van der Waals surface area contributed by atoms with Gasteiger partial charge in [0.25, 0.3) is 0 Å². The van der Waals surface area contributed by atoms with Crippen LogP contribution in [0.2, 0.25) is 0 Å². The van der Waals surface area contributed by atoms with E-state index >= 15 is 0 Å². The summed E-state index contributed by atoms with van der Waals surface area (Å²) in [6.45, 7) is 11.6. The lowest BCUT2D eigenvalue weighted by Crippen LogP contribution is -2.46. The molecule has 0 radical (unpaired) electrons. The number of hydrogen-bond acceptors (Lipinski definition) is 4. The predicted molar refractivity (Wildman–Crippen MR) is 83.6 cm³/mol. The van der Waals surface area contributed by atoms with E-state index in [9.17, 15) is 4.79 Å². The molecule has 6 nitrogen and oxygen atoms in total. The van der Waals surface area contributed by atoms with Gasteiger partial charge in [0.1, 0.15) is 5.76 Å². The van der Waals surface area contributed by atoms with Crippen molar-refractivity contribution < 1.29 is 9.32 Å². The minimum Gasteiger partial charge on any atom is -0.361 e. The third-order valence-corrected chi connectivity index (χ3v) is 5.07. The topological polar surface area (TPSA) is 52.8 Å². The molecule has 122 valence electrons. The number of carbonyl (C=O) groups excluding carboxylic acids is 1. The minimum atomic E-state index is 0.228. The van der Waals surface area contributed by atoms with E-state index in [1.54, 1.807) is 0 Å². The molecule has 2 fully saturated rings. The average molecular weight is 306 g/mol. The van der Waals surface area contributed by atoms with Crippen molar-refractivity contribution in [1.29, 1.82) is 0 Å². The Kier molecular flexibility index (Phi) is 4.38. The van der Waals surface area contributed by atoms with Crippen molar-refractivity contribution in [3.8, 4) is 0 Å². The molecule has 3 heterocycles. The Labute approximate surface area is 132 Å². The molecule has 1 aromatic heterocycles. The standard InChI is InChI=1S/C16H26N4O2/c1-4-19-9-10-20(16(19)21)14-5-7-18(8-6-14)11-15-12(2)17-22-13(15)3/h14H,4-11H2,1-3H3. The molecule has 0 aliphatic carbocycles. The van der Waals surface area contributed by atoms with Gasteiger partial charge in [0.05, 0.1) is 5.69 Å². The zero-order chi connectivity index (χ0) is 15.7. The van der Waals surface area contributed by atoms with E-state index in [0.29, 0.717) is 6.04 Å². The van der Waals surface area contributed by atoms with E-state index in [-0.39, 0.29) is 6.03 Å². The Morgan fingerprint density at radius 3 is 2.45 bits per heavy atom. The summed E-state index contributed by atoms with van der Waals surface area (Å²) < 4.78 is 5.24. The fraction of sp³-hybridized carbons (Fsp3) is 0.750. The second-order valence-electron chi connectivity index (χ2n) is 6.37. The smallest absolute Gasteiger partial charge is 0.320 e. The predicted octanol–water partition coefficient (Wildman–Crippen LogP) is 2.01. The summed E-state index contributed by atoms with van der Waals surface area (Å²) in [4.78, 5) is 18.7. The maximum absolute atomic E-state index is 12.3. The lowest BCUT2D eigenvalue weighted by Gasteiger charge is -2.36. The molecule has 2 aliphatic heterocycles. The molecule has 2 saturated heterocycles. The first-order valence-corrected chi connectivity index (χ1v) is 8.29. The van der Waals surface area contributed by atoms with E-state index in [4.69, 9.17) is 4.52 Å². The summed E-state index contributed by atoms with van der Waals surface area (Å²) in [5.41, 5.74) is 2.21. The Morgan fingerprint density at radius 1 is 1.18 bits per heavy atom. The van der Waals surface area contributed by atoms with Gasteiger partial charge in [0.2, 0.25) is 0 Å². The zero-order valence-corrected chi connectivity index (χ0v) is 13.8. The number of aromatic nitrogens is 1. The molecule has 0 bridgehead atoms. The van der Waals surface area contributed by atoms with Crippen molar-refractivity contribution in [2.24, 2.45) is 0 Å². The number of urea groups is 1. The fourth-order valence-corrected chi connectivity index (χ4v) is 3.57. The molecule has 0 unspecified atom stereocenters. The molecule has 0 N–H and O–H groups in total. The molecule has 22 heavy (non-hydrogen) atoms. The summed E-state index contributed by atoms with van der Waals surface area (Å²) in [7, 11) is 0. The van der Waals surface area contributed by atoms with Gasteiger partial charge in [-0.2, -0.15) is 0 Å². The van der Waals surface area contributed by atoms with Gasteiger partial charge in [0, 0.05) is 50.9 Å². The Hall–Kier alpha value is -1.56. The number of carbonyl (C=O) groups is 1. The number of nitrogens with zero attached hydrogens (tertiary/aromatic N) is 4. The molecule has 0 spiro atoms. The van der Waals surface area contributed by atoms with Crippen LogP contribution in [0.15, 0.2) is 4.52 Å². The highest BCUT2D eigenvalue weighted by Crippen LogP contribution is 2.23. The van der Waals surface area contributed by atoms with E-state index in [1.807, 2.05) is 25.7 Å². The van der Waals surface area contributed by atoms with Gasteiger partial charge in [0.15, 0.2) is 0 Å². The molecule has 2 amide bonds. The Bertz CT molecular complexity index is 515. The molecule has 0 saturated carbocycles. The molecule has 2 aliphatic rings. The van der Waals surface area contributed by atoms with Crippen LogP contribution < -0.4 is 0 Å². The maximum Gasteiger partial charge on any atom is 0.320 e. The van der Waals surface area contributed by atoms with Crippen LogP contribution in [0.4, 0.5) is 4.79 Å². The maximum atomic E-state index is 12.3. The van der Waals surface area contributed by atoms with Crippen LogP contribution in [0.25, 0.3) is 0 Å². The summed E-state index contributed by atoms with van der Waals surface area (Å²) >= 11 is 0. The summed E-state index contributed by atoms with van der Waals surface area (Å²) in [6.07, 6.45) is 2.12. The zero-order valence-electron chi connectivity index (χ0n) is 13.8. The molecule has 0 atom stereocenters. The first-order chi connectivity index (χ1) is 10.6. The van der Waals surface area contributed by atoms with Crippen LogP contribution >= 0.6 is 0 Å². The molecular formula is C16H26N4O2. The third kappa shape index (κ3) is 2.84. The second-order valence-corrected chi connectivity index (χ2v) is 6.37. The number of piperidine rings is 1. The van der Waals surface area contributed by atoms with Crippen LogP contribution in [0.1, 0.15) is 36.8 Å². The summed E-state index contributed by atoms with van der Waals surface area (Å²) in [5.74, 6) is 0.924. The molecule has 0 aromatic carbocycles. The lowest BCUT2D eigenvalue weighted by molar-refractivity contribution is 0.126. The normalized spacial score (nSPS) is 21.1. The molecule has 3 rings (SSSR count). The second kappa shape index (κ2) is 6.28. The number of aryl methyl sites for hydroxylation is 2. The number of likely N-dealkylation sites (N-methyl/N-ethyl adjacent to an activating group) is 1. The Morgan fingerprint density at radius 2 is 1.91 bits per heavy atom. The monoisotopic (exact) mass is 306 g/mol. The molecule has 6 heteroatoms. The fourth-order valence-electron chi connectivity index (χ4n) is 3.57. The van der Waals surface area contributed by atoms with Gasteiger partial charge in [-0.15, -0.1) is 0 Å². The van der Waals surface area contributed by atoms with Gasteiger partial charge in [-0.3, -0.25) is 4.90 Å². The highest BCUT2D eigenvalue weighted by atomic mass is 16.5. The Balaban J connectivity index is 1.54. The van der Waals surface area contributed by atoms with Gasteiger partial charge < -0.3 is 14.3 Å². The first kappa shape index (κ1) is 15.3. The van der Waals surface area contributed by atoms with Crippen molar-refractivity contribution in [2.45, 2.75) is 46.2 Å². The van der Waals surface area contributed by atoms with Crippen LogP contribution in [-0.4, -0.2) is 64.7 Å². The van der Waals surface area contributed by atoms with Crippen LogP contribution in [0, 0.1) is 13.8 Å². The first-order valence-electron chi connectivity index (χ1n) is 8.29. The van der Waals surface area contributed by atoms with E-state index < -0.39 is 0 Å². The van der Waals surface area contributed by atoms with Crippen molar-refractivity contribution in [2.75, 3.05) is 32.7 Å². The van der Waals surface area contributed by atoms with Crippen molar-refractivity contribution in [3.05, 3.63) is 17.0 Å². The molecule has 1 aromatic rings. The quantitative estimate of drug-likeness (QED) is 0.854. The largest absolute Gasteiger partial charge is 0.361 e. The van der Waals surface area contributed by atoms with E-state index in [0.717, 1.165) is 63.6 Å². The van der Waals surface area contributed by atoms with Gasteiger partial charge in [-0.05, 0) is 33.6 Å². The van der Waals surface area contributed by atoms with Crippen molar-refractivity contribution in [3.63, 3.8) is 0 Å². The van der Waals surface area contributed by atoms with E-state index in [2.05, 4.69) is 15.0 Å². The highest BCUT2D eigenvalue weighted by molar-refractivity contribution is 5.76. The third-order valence-electron chi connectivity index (χ3n) is 5.07. The van der Waals surface area contributed by atoms with Crippen LogP contribution in [0.5, 0.6) is 0 Å². The summed E-state index contributed by atoms with van der Waals surface area (Å²) in [5, 5.41) is 4.03. The van der Waals surface area contributed by atoms with E-state index in [1.165, 1.54) is 5.56 Å². The van der Waals surface area contributed by atoms with Crippen molar-refractivity contribution in [1.82, 2.24) is 19.9 Å². The van der Waals surface area contributed by atoms with Crippen LogP contribution in [-0.2, 0) is 6.54 Å². The SMILES string of the molecule is CCN1CCN(C2CCN(Cc3c(C)noc3C)CC2)C1=O. The highest BCUT2D eigenvalue weighted by Gasteiger charge is 2.34. The summed E-state index contributed by atoms with van der Waals surface area (Å²) in [6, 6.07) is 0.636. The van der Waals surface area contributed by atoms with Crippen LogP contribution in [0.3, 0.4) is 0 Å². The number of hydrogen-bond donors (Lipinski definition) is 0. The van der Waals surface area contributed by atoms with Gasteiger partial charge in [-0.1, -0.05) is 5.16 Å². The van der Waals surface area contributed by atoms with Crippen molar-refractivity contribution >= 4 is 6.03 Å². The minimum absolute atomic E-state index is 0.228. The van der Waals surface area contributed by atoms with Gasteiger partial charge >= 0.3 is 6.03 Å². The van der Waals surface area contributed by atoms with Gasteiger partial charge in [-0.25, -0.2) is 4.79 Å². The number of amides is 2. The molecular weight excluding hydrogens is 280 g/mol. The number of rotatable bonds is 4.